The van der Waals surface area contributed by atoms with Gasteiger partial charge in [-0.3, -0.25) is 14.5 Å². The summed E-state index contributed by atoms with van der Waals surface area (Å²) in [4.78, 5) is 27.2. The fraction of sp³-hybridized carbons (Fsp3) is 0.500. The third kappa shape index (κ3) is 5.36. The van der Waals surface area contributed by atoms with Crippen LogP contribution in [0.1, 0.15) is 58.3 Å². The molecule has 1 aliphatic rings. The first-order valence-electron chi connectivity index (χ1n) is 9.83. The van der Waals surface area contributed by atoms with Crippen LogP contribution in [0.15, 0.2) is 24.3 Å². The Kier molecular flexibility index (Phi) is 7.11. The average Bonchev–Trinajstić information content (AvgIpc) is 3.19. The van der Waals surface area contributed by atoms with Gasteiger partial charge in [0.25, 0.3) is 11.8 Å². The summed E-state index contributed by atoms with van der Waals surface area (Å²) in [6, 6.07) is 7.52. The molecule has 1 saturated heterocycles. The molecule has 2 N–H and O–H groups in total. The summed E-state index contributed by atoms with van der Waals surface area (Å²) in [6.07, 6.45) is 4.49. The fourth-order valence-corrected chi connectivity index (χ4v) is 3.99. The van der Waals surface area contributed by atoms with Crippen LogP contribution in [0.2, 0.25) is 0 Å². The number of nitrogens with one attached hydrogen (secondary N) is 2. The molecule has 1 aromatic heterocycles. The zero-order valence-electron chi connectivity index (χ0n) is 16.4. The first-order valence-corrected chi connectivity index (χ1v) is 10.6. The van der Waals surface area contributed by atoms with Crippen LogP contribution in [-0.4, -0.2) is 52.6 Å². The summed E-state index contributed by atoms with van der Waals surface area (Å²) >= 11 is 1.28. The van der Waals surface area contributed by atoms with Crippen molar-refractivity contribution in [2.75, 3.05) is 25.0 Å². The van der Waals surface area contributed by atoms with Gasteiger partial charge in [-0.25, -0.2) is 0 Å². The number of likely N-dealkylation sites (tertiary alicyclic amines) is 1. The molecule has 7 nitrogen and oxygen atoms in total. The molecule has 1 fully saturated rings. The van der Waals surface area contributed by atoms with Crippen LogP contribution in [0.3, 0.4) is 0 Å². The van der Waals surface area contributed by atoms with E-state index in [0.717, 1.165) is 24.5 Å². The molecule has 150 valence electrons. The van der Waals surface area contributed by atoms with Gasteiger partial charge in [0, 0.05) is 30.4 Å². The molecule has 2 heterocycles. The monoisotopic (exact) mass is 401 g/mol. The van der Waals surface area contributed by atoms with Gasteiger partial charge in [0.15, 0.2) is 0 Å². The maximum atomic E-state index is 12.5. The molecule has 0 radical (unpaired) electrons. The van der Waals surface area contributed by atoms with Crippen LogP contribution in [0.4, 0.5) is 5.69 Å². The zero-order valence-corrected chi connectivity index (χ0v) is 17.2. The van der Waals surface area contributed by atoms with E-state index < -0.39 is 0 Å². The van der Waals surface area contributed by atoms with E-state index in [1.165, 1.54) is 30.6 Å². The maximum absolute atomic E-state index is 12.5. The van der Waals surface area contributed by atoms with Gasteiger partial charge in [0.2, 0.25) is 5.01 Å². The lowest BCUT2D eigenvalue weighted by Crippen LogP contribution is -2.42. The fourth-order valence-electron chi connectivity index (χ4n) is 3.32. The minimum Gasteiger partial charge on any atom is -0.351 e. The lowest BCUT2D eigenvalue weighted by molar-refractivity contribution is 0.0937. The Morgan fingerprint density at radius 1 is 1.25 bits per heavy atom. The number of aromatic nitrogens is 2. The number of carbonyl (C=O) groups is 2. The van der Waals surface area contributed by atoms with Crippen LogP contribution < -0.4 is 10.6 Å². The number of carbonyl (C=O) groups excluding carboxylic acids is 2. The van der Waals surface area contributed by atoms with E-state index in [-0.39, 0.29) is 11.8 Å². The summed E-state index contributed by atoms with van der Waals surface area (Å²) in [5.41, 5.74) is 1.09. The Labute approximate surface area is 169 Å². The van der Waals surface area contributed by atoms with E-state index in [0.29, 0.717) is 28.8 Å². The number of aryl methyl sites for hydroxylation is 1. The molecule has 1 aliphatic heterocycles. The molecule has 0 aliphatic carbocycles. The molecule has 2 amide bonds. The number of anilines is 1. The van der Waals surface area contributed by atoms with Gasteiger partial charge in [-0.1, -0.05) is 30.7 Å². The first-order chi connectivity index (χ1) is 13.6. The molecule has 2 aromatic rings. The van der Waals surface area contributed by atoms with Crippen molar-refractivity contribution in [3.63, 3.8) is 0 Å². The summed E-state index contributed by atoms with van der Waals surface area (Å²) < 4.78 is 0. The van der Waals surface area contributed by atoms with Crippen molar-refractivity contribution in [2.24, 2.45) is 0 Å². The lowest BCUT2D eigenvalue weighted by Gasteiger charge is -2.33. The third-order valence-corrected chi connectivity index (χ3v) is 6.04. The molecule has 28 heavy (non-hydrogen) atoms. The number of amides is 2. The highest BCUT2D eigenvalue weighted by molar-refractivity contribution is 7.13. The minimum absolute atomic E-state index is 0.134. The maximum Gasteiger partial charge on any atom is 0.286 e. The second kappa shape index (κ2) is 9.75. The van der Waals surface area contributed by atoms with E-state index in [9.17, 15) is 9.59 Å². The van der Waals surface area contributed by atoms with Crippen LogP contribution >= 0.6 is 11.3 Å². The second-order valence-corrected chi connectivity index (χ2v) is 8.09. The normalized spacial score (nSPS) is 17.3. The van der Waals surface area contributed by atoms with Crippen LogP contribution in [0.25, 0.3) is 0 Å². The quantitative estimate of drug-likeness (QED) is 0.745. The molecule has 0 saturated carbocycles. The second-order valence-electron chi connectivity index (χ2n) is 7.03. The molecule has 0 bridgehead atoms. The van der Waals surface area contributed by atoms with Gasteiger partial charge in [0.05, 0.1) is 0 Å². The van der Waals surface area contributed by atoms with Crippen molar-refractivity contribution >= 4 is 28.8 Å². The first kappa shape index (κ1) is 20.4. The zero-order chi connectivity index (χ0) is 19.9. The predicted octanol–water partition coefficient (Wildman–Crippen LogP) is 2.96. The predicted molar refractivity (Wildman–Crippen MR) is 111 cm³/mol. The van der Waals surface area contributed by atoms with E-state index in [1.807, 2.05) is 6.92 Å². The van der Waals surface area contributed by atoms with E-state index in [4.69, 9.17) is 0 Å². The number of nitrogens with zero attached hydrogens (tertiary/aromatic N) is 3. The van der Waals surface area contributed by atoms with Crippen molar-refractivity contribution in [3.8, 4) is 0 Å². The molecule has 1 unspecified atom stereocenters. The van der Waals surface area contributed by atoms with Crippen molar-refractivity contribution in [1.82, 2.24) is 20.4 Å². The van der Waals surface area contributed by atoms with Crippen molar-refractivity contribution < 1.29 is 9.59 Å². The van der Waals surface area contributed by atoms with Crippen LogP contribution in [0, 0.1) is 0 Å². The molecule has 1 aromatic carbocycles. The van der Waals surface area contributed by atoms with Crippen LogP contribution in [-0.2, 0) is 6.42 Å². The third-order valence-electron chi connectivity index (χ3n) is 4.97. The Balaban J connectivity index is 1.53. The summed E-state index contributed by atoms with van der Waals surface area (Å²) in [7, 11) is 0. The highest BCUT2D eigenvalue weighted by Gasteiger charge is 2.18. The average molecular weight is 402 g/mol. The number of piperidine rings is 1. The Morgan fingerprint density at radius 3 is 2.86 bits per heavy atom. The van der Waals surface area contributed by atoms with Crippen molar-refractivity contribution in [1.29, 1.82) is 0 Å². The largest absolute Gasteiger partial charge is 0.351 e. The lowest BCUT2D eigenvalue weighted by atomic mass is 10.0. The number of benzene rings is 1. The van der Waals surface area contributed by atoms with Gasteiger partial charge < -0.3 is 10.6 Å². The highest BCUT2D eigenvalue weighted by atomic mass is 32.1. The van der Waals surface area contributed by atoms with Gasteiger partial charge >= 0.3 is 0 Å². The Bertz CT molecular complexity index is 822. The smallest absolute Gasteiger partial charge is 0.286 e. The Hall–Kier alpha value is -2.32. The van der Waals surface area contributed by atoms with E-state index in [1.54, 1.807) is 24.3 Å². The molecule has 8 heteroatoms. The number of hydrogen-bond acceptors (Lipinski definition) is 6. The SMILES string of the molecule is CCc1nnc(C(=O)Nc2cccc(C(=O)NCCN3CCCCC3C)c2)s1. The highest BCUT2D eigenvalue weighted by Crippen LogP contribution is 2.16. The van der Waals surface area contributed by atoms with E-state index >= 15 is 0 Å². The molecule has 3 rings (SSSR count). The van der Waals surface area contributed by atoms with Crippen molar-refractivity contribution in [2.45, 2.75) is 45.6 Å². The molecular weight excluding hydrogens is 374 g/mol. The topological polar surface area (TPSA) is 87.2 Å². The minimum atomic E-state index is -0.311. The molecular formula is C20H27N5O2S. The number of rotatable bonds is 7. The number of hydrogen-bond donors (Lipinski definition) is 2. The molecule has 0 spiro atoms. The summed E-state index contributed by atoms with van der Waals surface area (Å²) in [6.45, 7) is 6.79. The Morgan fingerprint density at radius 2 is 2.11 bits per heavy atom. The summed E-state index contributed by atoms with van der Waals surface area (Å²) in [5.74, 6) is -0.446. The van der Waals surface area contributed by atoms with Crippen LogP contribution in [0.5, 0.6) is 0 Å². The van der Waals surface area contributed by atoms with E-state index in [2.05, 4.69) is 32.7 Å². The van der Waals surface area contributed by atoms with Gasteiger partial charge in [-0.05, 0) is 50.9 Å². The molecule has 1 atom stereocenters. The van der Waals surface area contributed by atoms with Gasteiger partial charge in [0.1, 0.15) is 5.01 Å². The van der Waals surface area contributed by atoms with Crippen molar-refractivity contribution in [3.05, 3.63) is 39.8 Å². The van der Waals surface area contributed by atoms with Gasteiger partial charge in [-0.15, -0.1) is 10.2 Å². The standard InChI is InChI=1S/C20H27N5O2S/c1-3-17-23-24-20(28-17)19(27)22-16-9-6-8-15(13-16)18(26)21-10-12-25-11-5-4-7-14(25)2/h6,8-9,13-14H,3-5,7,10-12H2,1-2H3,(H,21,26)(H,22,27). The summed E-state index contributed by atoms with van der Waals surface area (Å²) in [5, 5.41) is 14.8. The van der Waals surface area contributed by atoms with Gasteiger partial charge in [-0.2, -0.15) is 0 Å².